The Morgan fingerprint density at radius 1 is 1.36 bits per heavy atom. The summed E-state index contributed by atoms with van der Waals surface area (Å²) in [5.41, 5.74) is 0.826. The first-order chi connectivity index (χ1) is 12.0. The topological polar surface area (TPSA) is 69.6 Å². The number of rotatable bonds is 3. The fourth-order valence-electron chi connectivity index (χ4n) is 4.35. The Kier molecular flexibility index (Phi) is 4.04. The molecule has 2 aliphatic rings. The van der Waals surface area contributed by atoms with Crippen LogP contribution in [0, 0.1) is 12.8 Å². The minimum atomic E-state index is -0.855. The molecule has 1 aromatic carbocycles. The zero-order valence-corrected chi connectivity index (χ0v) is 15.1. The van der Waals surface area contributed by atoms with E-state index < -0.39 is 17.4 Å². The largest absolute Gasteiger partial charge is 0.481 e. The van der Waals surface area contributed by atoms with E-state index in [-0.39, 0.29) is 12.3 Å². The van der Waals surface area contributed by atoms with E-state index in [0.717, 1.165) is 19.6 Å². The monoisotopic (exact) mass is 358 g/mol. The van der Waals surface area contributed by atoms with Crippen molar-refractivity contribution < 1.29 is 14.7 Å². The second-order valence-electron chi connectivity index (χ2n) is 7.21. The van der Waals surface area contributed by atoms with Gasteiger partial charge in [-0.3, -0.25) is 14.5 Å². The van der Waals surface area contributed by atoms with E-state index in [2.05, 4.69) is 41.4 Å². The van der Waals surface area contributed by atoms with Crippen LogP contribution in [0.5, 0.6) is 0 Å². The predicted molar refractivity (Wildman–Crippen MR) is 97.7 cm³/mol. The van der Waals surface area contributed by atoms with E-state index in [1.807, 2.05) is 11.3 Å². The number of aryl methyl sites for hydroxylation is 1. The third kappa shape index (κ3) is 2.83. The Morgan fingerprint density at radius 2 is 2.08 bits per heavy atom. The van der Waals surface area contributed by atoms with Gasteiger partial charge in [-0.05, 0) is 36.8 Å². The fraction of sp³-hybridized carbons (Fsp3) is 0.474. The summed E-state index contributed by atoms with van der Waals surface area (Å²) >= 11 is 1.83. The summed E-state index contributed by atoms with van der Waals surface area (Å²) in [6.07, 6.45) is 1.53. The molecule has 3 heterocycles. The number of nitrogens with zero attached hydrogens (tertiary/aromatic N) is 1. The van der Waals surface area contributed by atoms with Crippen LogP contribution >= 0.6 is 11.3 Å². The van der Waals surface area contributed by atoms with Gasteiger partial charge in [0, 0.05) is 35.6 Å². The number of carbonyl (C=O) groups is 2. The van der Waals surface area contributed by atoms with Crippen LogP contribution in [0.3, 0.4) is 0 Å². The Morgan fingerprint density at radius 3 is 2.80 bits per heavy atom. The van der Waals surface area contributed by atoms with E-state index in [1.54, 1.807) is 0 Å². The van der Waals surface area contributed by atoms with Crippen LogP contribution in [0.4, 0.5) is 0 Å². The maximum absolute atomic E-state index is 11.8. The number of carbonyl (C=O) groups excluding carboxylic acids is 1. The lowest BCUT2D eigenvalue weighted by atomic mass is 9.77. The molecule has 2 saturated heterocycles. The summed E-state index contributed by atoms with van der Waals surface area (Å²) in [4.78, 5) is 27.1. The lowest BCUT2D eigenvalue weighted by Gasteiger charge is -2.41. The molecule has 25 heavy (non-hydrogen) atoms. The minimum Gasteiger partial charge on any atom is -0.481 e. The average molecular weight is 358 g/mol. The van der Waals surface area contributed by atoms with Crippen molar-refractivity contribution >= 4 is 33.3 Å². The lowest BCUT2D eigenvalue weighted by Crippen LogP contribution is -2.55. The molecular weight excluding hydrogens is 336 g/mol. The predicted octanol–water partition coefficient (Wildman–Crippen LogP) is 2.77. The quantitative estimate of drug-likeness (QED) is 0.885. The standard InChI is InChI=1S/C19H22N2O3S/c1-12-14(13-4-2-3-5-16(13)25-12)11-21-8-6-19(7-9-21)15(18(23)24)10-17(22)20-19/h2-5,15H,6-11H2,1H3,(H,20,22)(H,23,24). The number of piperidine rings is 1. The summed E-state index contributed by atoms with van der Waals surface area (Å²) < 4.78 is 1.32. The van der Waals surface area contributed by atoms with E-state index >= 15 is 0 Å². The van der Waals surface area contributed by atoms with Crippen LogP contribution in [-0.4, -0.2) is 40.5 Å². The first-order valence-electron chi connectivity index (χ1n) is 8.72. The number of carboxylic acid groups (broad SMARTS) is 1. The summed E-state index contributed by atoms with van der Waals surface area (Å²) in [5.74, 6) is -1.57. The van der Waals surface area contributed by atoms with Crippen LogP contribution < -0.4 is 5.32 Å². The Labute approximate surface area is 150 Å². The van der Waals surface area contributed by atoms with Crippen molar-refractivity contribution in [3.63, 3.8) is 0 Å². The van der Waals surface area contributed by atoms with Gasteiger partial charge in [-0.15, -0.1) is 11.3 Å². The fourth-order valence-corrected chi connectivity index (χ4v) is 5.42. The zero-order chi connectivity index (χ0) is 17.6. The lowest BCUT2D eigenvalue weighted by molar-refractivity contribution is -0.144. The zero-order valence-electron chi connectivity index (χ0n) is 14.2. The van der Waals surface area contributed by atoms with Gasteiger partial charge >= 0.3 is 5.97 Å². The van der Waals surface area contributed by atoms with E-state index in [0.29, 0.717) is 12.8 Å². The summed E-state index contributed by atoms with van der Waals surface area (Å²) in [7, 11) is 0. The van der Waals surface area contributed by atoms with Gasteiger partial charge in [0.15, 0.2) is 0 Å². The summed E-state index contributed by atoms with van der Waals surface area (Å²) in [6.45, 7) is 4.68. The minimum absolute atomic E-state index is 0.115. The summed E-state index contributed by atoms with van der Waals surface area (Å²) in [6, 6.07) is 8.49. The van der Waals surface area contributed by atoms with Gasteiger partial charge in [0.25, 0.3) is 0 Å². The number of hydrogen-bond donors (Lipinski definition) is 2. The third-order valence-electron chi connectivity index (χ3n) is 5.77. The molecule has 132 valence electrons. The number of amides is 1. The first-order valence-corrected chi connectivity index (χ1v) is 9.53. The van der Waals surface area contributed by atoms with Crippen molar-refractivity contribution in [1.29, 1.82) is 0 Å². The van der Waals surface area contributed by atoms with Gasteiger partial charge in [0.1, 0.15) is 0 Å². The molecule has 1 atom stereocenters. The van der Waals surface area contributed by atoms with Gasteiger partial charge in [-0.1, -0.05) is 18.2 Å². The number of fused-ring (bicyclic) bond motifs is 1. The molecule has 2 N–H and O–H groups in total. The Bertz CT molecular complexity index is 836. The molecule has 2 fully saturated rings. The molecule has 2 aromatic rings. The molecule has 1 aromatic heterocycles. The molecule has 5 nitrogen and oxygen atoms in total. The molecule has 0 bridgehead atoms. The second-order valence-corrected chi connectivity index (χ2v) is 8.46. The highest BCUT2D eigenvalue weighted by Gasteiger charge is 2.51. The maximum atomic E-state index is 11.8. The van der Waals surface area contributed by atoms with Crippen molar-refractivity contribution in [1.82, 2.24) is 10.2 Å². The Hall–Kier alpha value is -1.92. The molecule has 1 unspecified atom stereocenters. The molecular formula is C19H22N2O3S. The molecule has 0 saturated carbocycles. The molecule has 4 rings (SSSR count). The highest BCUT2D eigenvalue weighted by Crippen LogP contribution is 2.38. The number of benzene rings is 1. The number of carboxylic acids is 1. The van der Waals surface area contributed by atoms with Crippen LogP contribution in [0.2, 0.25) is 0 Å². The van der Waals surface area contributed by atoms with Crippen molar-refractivity contribution in [3.8, 4) is 0 Å². The Balaban J connectivity index is 1.50. The van der Waals surface area contributed by atoms with Crippen LogP contribution in [-0.2, 0) is 16.1 Å². The number of thiophene rings is 1. The molecule has 1 spiro atoms. The molecule has 2 aliphatic heterocycles. The third-order valence-corrected chi connectivity index (χ3v) is 6.90. The van der Waals surface area contributed by atoms with Crippen molar-refractivity contribution in [2.75, 3.05) is 13.1 Å². The van der Waals surface area contributed by atoms with Crippen molar-refractivity contribution in [3.05, 3.63) is 34.7 Å². The number of nitrogens with one attached hydrogen (secondary N) is 1. The van der Waals surface area contributed by atoms with E-state index in [9.17, 15) is 14.7 Å². The van der Waals surface area contributed by atoms with Gasteiger partial charge in [0.05, 0.1) is 11.5 Å². The molecule has 1 amide bonds. The van der Waals surface area contributed by atoms with E-state index in [1.165, 1.54) is 20.5 Å². The van der Waals surface area contributed by atoms with Crippen molar-refractivity contribution in [2.45, 2.75) is 38.3 Å². The van der Waals surface area contributed by atoms with E-state index in [4.69, 9.17) is 0 Å². The number of likely N-dealkylation sites (tertiary alicyclic amines) is 1. The SMILES string of the molecule is Cc1sc2ccccc2c1CN1CCC2(CC1)NC(=O)CC2C(=O)O. The molecule has 6 heteroatoms. The summed E-state index contributed by atoms with van der Waals surface area (Å²) in [5, 5.41) is 13.8. The second kappa shape index (κ2) is 6.11. The van der Waals surface area contributed by atoms with Gasteiger partial charge in [0.2, 0.25) is 5.91 Å². The number of hydrogen-bond acceptors (Lipinski definition) is 4. The highest BCUT2D eigenvalue weighted by atomic mass is 32.1. The van der Waals surface area contributed by atoms with Crippen LogP contribution in [0.15, 0.2) is 24.3 Å². The van der Waals surface area contributed by atoms with Gasteiger partial charge in [-0.25, -0.2) is 0 Å². The molecule has 0 aliphatic carbocycles. The van der Waals surface area contributed by atoms with Crippen LogP contribution in [0.25, 0.3) is 10.1 Å². The average Bonchev–Trinajstić information content (AvgIpc) is 3.07. The molecule has 0 radical (unpaired) electrons. The first kappa shape index (κ1) is 16.5. The smallest absolute Gasteiger partial charge is 0.309 e. The highest BCUT2D eigenvalue weighted by molar-refractivity contribution is 7.19. The number of aliphatic carboxylic acids is 1. The van der Waals surface area contributed by atoms with Gasteiger partial charge < -0.3 is 10.4 Å². The maximum Gasteiger partial charge on any atom is 0.309 e. The van der Waals surface area contributed by atoms with Crippen molar-refractivity contribution in [2.24, 2.45) is 5.92 Å². The van der Waals surface area contributed by atoms with Crippen LogP contribution in [0.1, 0.15) is 29.7 Å². The normalized spacial score (nSPS) is 23.2. The van der Waals surface area contributed by atoms with Gasteiger partial charge in [-0.2, -0.15) is 0 Å².